The van der Waals surface area contributed by atoms with Crippen LogP contribution in [0.3, 0.4) is 0 Å². The van der Waals surface area contributed by atoms with Crippen LogP contribution < -0.4 is 5.73 Å². The van der Waals surface area contributed by atoms with E-state index in [-0.39, 0.29) is 0 Å². The monoisotopic (exact) mass is 410 g/mol. The van der Waals surface area contributed by atoms with E-state index in [0.717, 1.165) is 41.8 Å². The molecule has 0 fully saturated rings. The number of fused-ring (bicyclic) bond motifs is 1. The molecule has 0 amide bonds. The van der Waals surface area contributed by atoms with Crippen molar-refractivity contribution < 1.29 is 4.21 Å². The van der Waals surface area contributed by atoms with Crippen LogP contribution in [0.25, 0.3) is 11.0 Å². The summed E-state index contributed by atoms with van der Waals surface area (Å²) < 4.78 is 14.6. The number of rotatable bonds is 6. The van der Waals surface area contributed by atoms with Gasteiger partial charge < -0.3 is 10.3 Å². The number of aryl methyl sites for hydroxylation is 3. The number of benzene rings is 1. The topological polar surface area (TPSA) is 73.8 Å². The normalized spacial score (nSPS) is 12.6. The first kappa shape index (κ1) is 19.1. The molecule has 1 aromatic carbocycles. The van der Waals surface area contributed by atoms with Gasteiger partial charge in [-0.3, -0.25) is 4.21 Å². The fraction of sp³-hybridized carbons (Fsp3) is 0.333. The van der Waals surface area contributed by atoms with Gasteiger partial charge in [0.2, 0.25) is 0 Å². The zero-order valence-electron chi connectivity index (χ0n) is 14.6. The lowest BCUT2D eigenvalue weighted by Crippen LogP contribution is -2.05. The smallest absolute Gasteiger partial charge is 0.151 e. The SMILES string of the molecule is Cc1cnc(N)c2nc(C)n(CCCCS(=O)c3ccc(Cl)cc3Cl)c12. The Labute approximate surface area is 165 Å². The zero-order valence-corrected chi connectivity index (χ0v) is 17.0. The molecule has 8 heteroatoms. The van der Waals surface area contributed by atoms with Crippen molar-refractivity contribution >= 4 is 50.9 Å². The van der Waals surface area contributed by atoms with Crippen molar-refractivity contribution in [3.63, 3.8) is 0 Å². The standard InChI is InChI=1S/C18H20Cl2N4OS/c1-11-10-22-18(21)16-17(11)24(12(2)23-16)7-3-4-8-26(25)15-6-5-13(19)9-14(15)20/h5-6,9-10H,3-4,7-8H2,1-2H3,(H2,21,22). The highest BCUT2D eigenvalue weighted by atomic mass is 35.5. The summed E-state index contributed by atoms with van der Waals surface area (Å²) in [6.07, 6.45) is 3.46. The van der Waals surface area contributed by atoms with Gasteiger partial charge in [-0.1, -0.05) is 23.2 Å². The molecule has 0 spiro atoms. The minimum absolute atomic E-state index is 0.450. The summed E-state index contributed by atoms with van der Waals surface area (Å²) in [6.45, 7) is 4.76. The Kier molecular flexibility index (Phi) is 5.85. The van der Waals surface area contributed by atoms with Crippen molar-refractivity contribution in [2.45, 2.75) is 38.1 Å². The maximum absolute atomic E-state index is 12.5. The second-order valence-electron chi connectivity index (χ2n) is 6.17. The molecule has 138 valence electrons. The Hall–Kier alpha value is -1.63. The summed E-state index contributed by atoms with van der Waals surface area (Å²) >= 11 is 12.0. The van der Waals surface area contributed by atoms with Crippen LogP contribution in [0.1, 0.15) is 24.2 Å². The van der Waals surface area contributed by atoms with Gasteiger partial charge in [-0.2, -0.15) is 0 Å². The first-order chi connectivity index (χ1) is 12.4. The van der Waals surface area contributed by atoms with Gasteiger partial charge in [-0.05, 0) is 50.5 Å². The number of pyridine rings is 1. The van der Waals surface area contributed by atoms with Crippen LogP contribution in [0.15, 0.2) is 29.3 Å². The molecule has 0 radical (unpaired) electrons. The van der Waals surface area contributed by atoms with Gasteiger partial charge in [-0.25, -0.2) is 9.97 Å². The molecule has 2 heterocycles. The number of nitrogen functional groups attached to an aromatic ring is 1. The van der Waals surface area contributed by atoms with Crippen molar-refractivity contribution in [1.82, 2.24) is 14.5 Å². The number of hydrogen-bond acceptors (Lipinski definition) is 4. The number of aromatic nitrogens is 3. The lowest BCUT2D eigenvalue weighted by Gasteiger charge is -2.09. The molecular weight excluding hydrogens is 391 g/mol. The van der Waals surface area contributed by atoms with Gasteiger partial charge in [-0.15, -0.1) is 0 Å². The van der Waals surface area contributed by atoms with Crippen LogP contribution in [-0.2, 0) is 17.3 Å². The molecule has 0 bridgehead atoms. The molecule has 5 nitrogen and oxygen atoms in total. The third-order valence-corrected chi connectivity index (χ3v) is 6.44. The number of imidazole rings is 1. The van der Waals surface area contributed by atoms with E-state index in [1.807, 2.05) is 13.8 Å². The second-order valence-corrected chi connectivity index (χ2v) is 8.55. The Morgan fingerprint density at radius 2 is 2.00 bits per heavy atom. The summed E-state index contributed by atoms with van der Waals surface area (Å²) in [4.78, 5) is 9.34. The third kappa shape index (κ3) is 3.87. The minimum Gasteiger partial charge on any atom is -0.382 e. The van der Waals surface area contributed by atoms with Crippen molar-refractivity contribution in [2.75, 3.05) is 11.5 Å². The molecule has 0 aliphatic carbocycles. The lowest BCUT2D eigenvalue weighted by molar-refractivity contribution is 0.626. The molecule has 3 aromatic rings. The van der Waals surface area contributed by atoms with Gasteiger partial charge in [0, 0.05) is 23.5 Å². The van der Waals surface area contributed by atoms with E-state index >= 15 is 0 Å². The maximum Gasteiger partial charge on any atom is 0.151 e. The quantitative estimate of drug-likeness (QED) is 0.605. The molecule has 3 rings (SSSR count). The molecule has 1 unspecified atom stereocenters. The highest BCUT2D eigenvalue weighted by Gasteiger charge is 2.14. The van der Waals surface area contributed by atoms with Crippen LogP contribution in [0.5, 0.6) is 0 Å². The zero-order chi connectivity index (χ0) is 18.8. The fourth-order valence-corrected chi connectivity index (χ4v) is 4.83. The van der Waals surface area contributed by atoms with Crippen LogP contribution in [0.2, 0.25) is 10.0 Å². The van der Waals surface area contributed by atoms with E-state index in [9.17, 15) is 4.21 Å². The van der Waals surface area contributed by atoms with E-state index in [4.69, 9.17) is 28.9 Å². The van der Waals surface area contributed by atoms with Gasteiger partial charge in [0.25, 0.3) is 0 Å². The Morgan fingerprint density at radius 1 is 1.23 bits per heavy atom. The number of hydrogen-bond donors (Lipinski definition) is 1. The average Bonchev–Trinajstić information content (AvgIpc) is 2.92. The number of halogens is 2. The summed E-state index contributed by atoms with van der Waals surface area (Å²) in [7, 11) is -1.14. The summed E-state index contributed by atoms with van der Waals surface area (Å²) in [5.74, 6) is 1.91. The van der Waals surface area contributed by atoms with E-state index in [1.54, 1.807) is 24.4 Å². The van der Waals surface area contributed by atoms with E-state index in [2.05, 4.69) is 14.5 Å². The molecular formula is C18H20Cl2N4OS. The second kappa shape index (κ2) is 7.94. The lowest BCUT2D eigenvalue weighted by atomic mass is 10.2. The molecule has 0 saturated carbocycles. The van der Waals surface area contributed by atoms with Crippen LogP contribution in [0, 0.1) is 13.8 Å². The van der Waals surface area contributed by atoms with Gasteiger partial charge in [0.1, 0.15) is 11.3 Å². The van der Waals surface area contributed by atoms with Gasteiger partial charge in [0.05, 0.1) is 26.2 Å². The minimum atomic E-state index is -1.14. The van der Waals surface area contributed by atoms with Crippen molar-refractivity contribution in [1.29, 1.82) is 0 Å². The summed E-state index contributed by atoms with van der Waals surface area (Å²) in [5.41, 5.74) is 8.76. The van der Waals surface area contributed by atoms with E-state index in [0.29, 0.717) is 26.5 Å². The van der Waals surface area contributed by atoms with E-state index < -0.39 is 10.8 Å². The number of unbranched alkanes of at least 4 members (excludes halogenated alkanes) is 1. The first-order valence-electron chi connectivity index (χ1n) is 8.30. The Bertz CT molecular complexity index is 987. The molecule has 2 aromatic heterocycles. The Balaban J connectivity index is 1.65. The molecule has 0 aliphatic heterocycles. The van der Waals surface area contributed by atoms with Gasteiger partial charge in [0.15, 0.2) is 5.82 Å². The molecule has 0 saturated heterocycles. The van der Waals surface area contributed by atoms with Gasteiger partial charge >= 0.3 is 0 Å². The predicted octanol–water partition coefficient (Wildman–Crippen LogP) is 4.53. The van der Waals surface area contributed by atoms with Crippen molar-refractivity contribution in [3.8, 4) is 0 Å². The number of anilines is 1. The van der Waals surface area contributed by atoms with Crippen molar-refractivity contribution in [2.24, 2.45) is 0 Å². The molecule has 0 aliphatic rings. The summed E-state index contributed by atoms with van der Waals surface area (Å²) in [5, 5.41) is 0.994. The first-order valence-corrected chi connectivity index (χ1v) is 10.4. The van der Waals surface area contributed by atoms with Crippen LogP contribution in [0.4, 0.5) is 5.82 Å². The maximum atomic E-state index is 12.5. The predicted molar refractivity (Wildman–Crippen MR) is 108 cm³/mol. The molecule has 1 atom stereocenters. The number of nitrogens with two attached hydrogens (primary N) is 1. The third-order valence-electron chi connectivity index (χ3n) is 4.27. The van der Waals surface area contributed by atoms with Crippen LogP contribution in [-0.4, -0.2) is 24.5 Å². The van der Waals surface area contributed by atoms with Crippen LogP contribution >= 0.6 is 23.2 Å². The highest BCUT2D eigenvalue weighted by molar-refractivity contribution is 7.85. The highest BCUT2D eigenvalue weighted by Crippen LogP contribution is 2.25. The molecule has 2 N–H and O–H groups in total. The fourth-order valence-electron chi connectivity index (χ4n) is 2.98. The molecule has 26 heavy (non-hydrogen) atoms. The summed E-state index contributed by atoms with van der Waals surface area (Å²) in [6, 6.07) is 5.06. The number of nitrogens with zero attached hydrogens (tertiary/aromatic N) is 3. The van der Waals surface area contributed by atoms with E-state index in [1.165, 1.54) is 0 Å². The average molecular weight is 411 g/mol. The Morgan fingerprint density at radius 3 is 2.73 bits per heavy atom. The van der Waals surface area contributed by atoms with Crippen molar-refractivity contribution in [3.05, 3.63) is 45.8 Å². The largest absolute Gasteiger partial charge is 0.382 e.